The molecular weight excluding hydrogens is 243 g/mol. The largest absolute Gasteiger partial charge is 0.376 e. The van der Waals surface area contributed by atoms with Crippen molar-refractivity contribution in [2.24, 2.45) is 0 Å². The van der Waals surface area contributed by atoms with Gasteiger partial charge in [-0.1, -0.05) is 48.5 Å². The minimum absolute atomic E-state index is 0.0362. The van der Waals surface area contributed by atoms with Gasteiger partial charge in [0.2, 0.25) is 0 Å². The van der Waals surface area contributed by atoms with Gasteiger partial charge < -0.3 is 4.74 Å². The predicted octanol–water partition coefficient (Wildman–Crippen LogP) is 3.62. The molecule has 0 unspecified atom stereocenters. The lowest BCUT2D eigenvalue weighted by molar-refractivity contribution is 0.0843. The third kappa shape index (κ3) is 4.00. The molecule has 0 spiro atoms. The van der Waals surface area contributed by atoms with Crippen LogP contribution in [0.1, 0.15) is 22.3 Å². The summed E-state index contributed by atoms with van der Waals surface area (Å²) in [6, 6.07) is 15.5. The van der Waals surface area contributed by atoms with Crippen LogP contribution in [0.15, 0.2) is 54.6 Å². The minimum atomic E-state index is -0.281. The average molecular weight is 258 g/mol. The van der Waals surface area contributed by atoms with E-state index in [1.807, 2.05) is 18.2 Å². The van der Waals surface area contributed by atoms with E-state index in [2.05, 4.69) is 0 Å². The second-order valence-electron chi connectivity index (χ2n) is 4.18. The Labute approximate surface area is 111 Å². The number of carbonyl (C=O) groups excluding carboxylic acids is 1. The summed E-state index contributed by atoms with van der Waals surface area (Å²) in [7, 11) is 0. The highest BCUT2D eigenvalue weighted by atomic mass is 19.1. The number of ether oxygens (including phenoxy) is 1. The molecule has 0 fully saturated rings. The third-order valence-corrected chi connectivity index (χ3v) is 2.78. The van der Waals surface area contributed by atoms with Crippen LogP contribution in [0.4, 0.5) is 4.39 Å². The Balaban J connectivity index is 1.76. The molecule has 0 saturated heterocycles. The molecule has 0 heterocycles. The van der Waals surface area contributed by atoms with Gasteiger partial charge in [-0.25, -0.2) is 4.39 Å². The molecule has 19 heavy (non-hydrogen) atoms. The number of carbonyl (C=O) groups is 1. The highest BCUT2D eigenvalue weighted by molar-refractivity contribution is 5.96. The number of hydrogen-bond donors (Lipinski definition) is 0. The first-order valence-electron chi connectivity index (χ1n) is 6.17. The van der Waals surface area contributed by atoms with Crippen molar-refractivity contribution in [2.45, 2.75) is 13.0 Å². The highest BCUT2D eigenvalue weighted by Gasteiger charge is 2.05. The first-order chi connectivity index (χ1) is 9.27. The summed E-state index contributed by atoms with van der Waals surface area (Å²) in [4.78, 5) is 11.8. The van der Waals surface area contributed by atoms with E-state index in [1.165, 1.54) is 6.07 Å². The SMILES string of the molecule is O=C(CCOCc1ccccc1F)c1ccccc1. The van der Waals surface area contributed by atoms with E-state index in [1.54, 1.807) is 30.3 Å². The monoisotopic (exact) mass is 258 g/mol. The number of Topliss-reactive ketones (excluding diaryl/α,β-unsaturated/α-hetero) is 1. The second kappa shape index (κ2) is 6.81. The van der Waals surface area contributed by atoms with Crippen molar-refractivity contribution in [1.82, 2.24) is 0 Å². The van der Waals surface area contributed by atoms with E-state index in [-0.39, 0.29) is 18.2 Å². The van der Waals surface area contributed by atoms with Crippen molar-refractivity contribution in [3.63, 3.8) is 0 Å². The van der Waals surface area contributed by atoms with Crippen LogP contribution in [0.3, 0.4) is 0 Å². The molecule has 98 valence electrons. The number of halogens is 1. The Kier molecular flexibility index (Phi) is 4.81. The Hall–Kier alpha value is -2.00. The normalized spacial score (nSPS) is 10.4. The maximum absolute atomic E-state index is 13.3. The molecule has 3 heteroatoms. The van der Waals surface area contributed by atoms with Crippen molar-refractivity contribution >= 4 is 5.78 Å². The molecule has 0 bridgehead atoms. The second-order valence-corrected chi connectivity index (χ2v) is 4.18. The molecule has 0 amide bonds. The van der Waals surface area contributed by atoms with Crippen LogP contribution >= 0.6 is 0 Å². The highest BCUT2D eigenvalue weighted by Crippen LogP contribution is 2.08. The van der Waals surface area contributed by atoms with Gasteiger partial charge in [-0.15, -0.1) is 0 Å². The summed E-state index contributed by atoms with van der Waals surface area (Å²) >= 11 is 0. The number of hydrogen-bond acceptors (Lipinski definition) is 2. The quantitative estimate of drug-likeness (QED) is 0.584. The Morgan fingerprint density at radius 3 is 2.42 bits per heavy atom. The van der Waals surface area contributed by atoms with Gasteiger partial charge in [0.25, 0.3) is 0 Å². The summed E-state index contributed by atoms with van der Waals surface area (Å²) < 4.78 is 18.6. The van der Waals surface area contributed by atoms with Crippen LogP contribution in [-0.2, 0) is 11.3 Å². The molecule has 0 aliphatic heterocycles. The third-order valence-electron chi connectivity index (χ3n) is 2.78. The van der Waals surface area contributed by atoms with Crippen molar-refractivity contribution < 1.29 is 13.9 Å². The molecule has 2 aromatic carbocycles. The van der Waals surface area contributed by atoms with Gasteiger partial charge in [-0.2, -0.15) is 0 Å². The first kappa shape index (κ1) is 13.4. The fourth-order valence-electron chi connectivity index (χ4n) is 1.73. The van der Waals surface area contributed by atoms with E-state index in [4.69, 9.17) is 4.74 Å². The fraction of sp³-hybridized carbons (Fsp3) is 0.188. The standard InChI is InChI=1S/C16H15FO2/c17-15-9-5-4-8-14(15)12-19-11-10-16(18)13-6-2-1-3-7-13/h1-9H,10-12H2. The molecule has 0 saturated carbocycles. The lowest BCUT2D eigenvalue weighted by Crippen LogP contribution is -2.05. The minimum Gasteiger partial charge on any atom is -0.376 e. The van der Waals surface area contributed by atoms with Gasteiger partial charge in [0, 0.05) is 17.5 Å². The summed E-state index contributed by atoms with van der Waals surface area (Å²) in [6.45, 7) is 0.483. The van der Waals surface area contributed by atoms with E-state index in [0.717, 1.165) is 0 Å². The Morgan fingerprint density at radius 2 is 1.68 bits per heavy atom. The molecule has 2 nitrogen and oxygen atoms in total. The van der Waals surface area contributed by atoms with Gasteiger partial charge in [0.1, 0.15) is 5.82 Å². The smallest absolute Gasteiger partial charge is 0.165 e. The maximum atomic E-state index is 13.3. The van der Waals surface area contributed by atoms with Crippen LogP contribution in [0.2, 0.25) is 0 Å². The van der Waals surface area contributed by atoms with Gasteiger partial charge in [-0.3, -0.25) is 4.79 Å². The molecule has 0 N–H and O–H groups in total. The Bertz CT molecular complexity index is 537. The van der Waals surface area contributed by atoms with Crippen LogP contribution in [0.5, 0.6) is 0 Å². The molecule has 2 rings (SSSR count). The van der Waals surface area contributed by atoms with Crippen LogP contribution in [0.25, 0.3) is 0 Å². The molecule has 0 atom stereocenters. The first-order valence-corrected chi connectivity index (χ1v) is 6.17. The fourth-order valence-corrected chi connectivity index (χ4v) is 1.73. The van der Waals surface area contributed by atoms with E-state index >= 15 is 0 Å². The van der Waals surface area contributed by atoms with E-state index < -0.39 is 0 Å². The number of benzene rings is 2. The van der Waals surface area contributed by atoms with Crippen molar-refractivity contribution in [2.75, 3.05) is 6.61 Å². The molecule has 0 aliphatic carbocycles. The molecular formula is C16H15FO2. The van der Waals surface area contributed by atoms with Crippen LogP contribution in [-0.4, -0.2) is 12.4 Å². The zero-order chi connectivity index (χ0) is 13.5. The number of ketones is 1. The summed E-state index contributed by atoms with van der Waals surface area (Å²) in [5, 5.41) is 0. The lowest BCUT2D eigenvalue weighted by Gasteiger charge is -2.05. The predicted molar refractivity (Wildman–Crippen MR) is 71.4 cm³/mol. The topological polar surface area (TPSA) is 26.3 Å². The van der Waals surface area contributed by atoms with Crippen molar-refractivity contribution in [3.05, 3.63) is 71.5 Å². The van der Waals surface area contributed by atoms with Crippen LogP contribution < -0.4 is 0 Å². The zero-order valence-corrected chi connectivity index (χ0v) is 10.5. The van der Waals surface area contributed by atoms with Gasteiger partial charge in [0.05, 0.1) is 13.2 Å². The Morgan fingerprint density at radius 1 is 1.00 bits per heavy atom. The molecule has 0 aliphatic rings. The van der Waals surface area contributed by atoms with E-state index in [0.29, 0.717) is 24.2 Å². The number of rotatable bonds is 6. The summed E-state index contributed by atoms with van der Waals surface area (Å²) in [6.07, 6.45) is 0.304. The van der Waals surface area contributed by atoms with Gasteiger partial charge >= 0.3 is 0 Å². The molecule has 0 aromatic heterocycles. The van der Waals surface area contributed by atoms with E-state index in [9.17, 15) is 9.18 Å². The van der Waals surface area contributed by atoms with Gasteiger partial charge in [-0.05, 0) is 6.07 Å². The maximum Gasteiger partial charge on any atom is 0.165 e. The average Bonchev–Trinajstić information content (AvgIpc) is 2.46. The van der Waals surface area contributed by atoms with Crippen LogP contribution in [0, 0.1) is 5.82 Å². The summed E-state index contributed by atoms with van der Waals surface area (Å²) in [5.41, 5.74) is 1.19. The zero-order valence-electron chi connectivity index (χ0n) is 10.5. The molecule has 2 aromatic rings. The molecule has 0 radical (unpaired) electrons. The van der Waals surface area contributed by atoms with Gasteiger partial charge in [0.15, 0.2) is 5.78 Å². The lowest BCUT2D eigenvalue weighted by atomic mass is 10.1. The van der Waals surface area contributed by atoms with Crippen molar-refractivity contribution in [1.29, 1.82) is 0 Å². The van der Waals surface area contributed by atoms with Crippen molar-refractivity contribution in [3.8, 4) is 0 Å². The summed E-state index contributed by atoms with van der Waals surface area (Å²) in [5.74, 6) is -0.244.